The summed E-state index contributed by atoms with van der Waals surface area (Å²) in [5.41, 5.74) is 3.26. The first-order valence-electron chi connectivity index (χ1n) is 8.52. The van der Waals surface area contributed by atoms with Crippen LogP contribution < -0.4 is 10.1 Å². The molecule has 3 aromatic rings. The van der Waals surface area contributed by atoms with Crippen molar-refractivity contribution < 1.29 is 14.1 Å². The molecular weight excluding hydrogens is 330 g/mol. The molecule has 0 fully saturated rings. The Kier molecular flexibility index (Phi) is 5.63. The van der Waals surface area contributed by atoms with Crippen LogP contribution in [0.3, 0.4) is 0 Å². The third kappa shape index (κ3) is 4.69. The van der Waals surface area contributed by atoms with E-state index in [1.807, 2.05) is 55.5 Å². The molecule has 0 aliphatic carbocycles. The van der Waals surface area contributed by atoms with E-state index in [4.69, 9.17) is 9.26 Å². The van der Waals surface area contributed by atoms with Crippen LogP contribution in [0.1, 0.15) is 23.9 Å². The van der Waals surface area contributed by atoms with Gasteiger partial charge in [-0.1, -0.05) is 54.0 Å². The molecule has 0 aliphatic heterocycles. The fraction of sp³-hybridized carbons (Fsp3) is 0.250. The lowest BCUT2D eigenvalue weighted by molar-refractivity contribution is -0.123. The first-order chi connectivity index (χ1) is 12.6. The maximum atomic E-state index is 11.9. The van der Waals surface area contributed by atoms with Gasteiger partial charge in [-0.25, -0.2) is 0 Å². The summed E-state index contributed by atoms with van der Waals surface area (Å²) in [6.07, 6.45) is 0.968. The van der Waals surface area contributed by atoms with Crippen LogP contribution in [0.2, 0.25) is 0 Å². The minimum Gasteiger partial charge on any atom is -0.484 e. The SMILES string of the molecule is CCc1ccc(OCC(=O)NCc2nc(-c3ccc(C)cc3)no2)cc1. The van der Waals surface area contributed by atoms with Crippen LogP contribution in [0, 0.1) is 6.92 Å². The molecule has 1 amide bonds. The number of hydrogen-bond donors (Lipinski definition) is 1. The first kappa shape index (κ1) is 17.7. The molecule has 2 aromatic carbocycles. The second kappa shape index (κ2) is 8.29. The van der Waals surface area contributed by atoms with Crippen molar-refractivity contribution in [1.29, 1.82) is 0 Å². The Morgan fingerprint density at radius 3 is 2.54 bits per heavy atom. The summed E-state index contributed by atoms with van der Waals surface area (Å²) in [5, 5.41) is 6.64. The van der Waals surface area contributed by atoms with E-state index in [2.05, 4.69) is 22.4 Å². The maximum Gasteiger partial charge on any atom is 0.258 e. The monoisotopic (exact) mass is 351 g/mol. The quantitative estimate of drug-likeness (QED) is 0.707. The molecule has 6 nitrogen and oxygen atoms in total. The second-order valence-corrected chi connectivity index (χ2v) is 5.94. The number of ether oxygens (including phenoxy) is 1. The predicted molar refractivity (Wildman–Crippen MR) is 97.6 cm³/mol. The number of rotatable bonds is 7. The van der Waals surface area contributed by atoms with Gasteiger partial charge in [0.25, 0.3) is 5.91 Å². The van der Waals surface area contributed by atoms with Gasteiger partial charge >= 0.3 is 0 Å². The highest BCUT2D eigenvalue weighted by Gasteiger charge is 2.10. The second-order valence-electron chi connectivity index (χ2n) is 5.94. The number of carbonyl (C=O) groups excluding carboxylic acids is 1. The highest BCUT2D eigenvalue weighted by atomic mass is 16.5. The molecule has 3 rings (SSSR count). The highest BCUT2D eigenvalue weighted by Crippen LogP contribution is 2.16. The van der Waals surface area contributed by atoms with Crippen LogP contribution in [-0.2, 0) is 17.8 Å². The predicted octanol–water partition coefficient (Wildman–Crippen LogP) is 3.30. The molecule has 0 aliphatic rings. The van der Waals surface area contributed by atoms with Crippen molar-refractivity contribution in [3.63, 3.8) is 0 Å². The van der Waals surface area contributed by atoms with Crippen molar-refractivity contribution in [2.45, 2.75) is 26.8 Å². The molecule has 1 heterocycles. The molecule has 0 unspecified atom stereocenters. The van der Waals surface area contributed by atoms with Crippen molar-refractivity contribution in [3.05, 3.63) is 65.5 Å². The summed E-state index contributed by atoms with van der Waals surface area (Å²) >= 11 is 0. The third-order valence-corrected chi connectivity index (χ3v) is 3.92. The average molecular weight is 351 g/mol. The summed E-state index contributed by atoms with van der Waals surface area (Å²) in [6.45, 7) is 4.20. The lowest BCUT2D eigenvalue weighted by Gasteiger charge is -2.06. The standard InChI is InChI=1S/C20H21N3O3/c1-3-15-6-10-17(11-7-15)25-13-18(24)21-12-19-22-20(23-26-19)16-8-4-14(2)5-9-16/h4-11H,3,12-13H2,1-2H3,(H,21,24). The normalized spacial score (nSPS) is 10.5. The maximum absolute atomic E-state index is 11.9. The Morgan fingerprint density at radius 2 is 1.85 bits per heavy atom. The fourth-order valence-corrected chi connectivity index (χ4v) is 2.34. The van der Waals surface area contributed by atoms with Gasteiger partial charge in [0.05, 0.1) is 6.54 Å². The summed E-state index contributed by atoms with van der Waals surface area (Å²) in [7, 11) is 0. The Labute approximate surface area is 152 Å². The van der Waals surface area contributed by atoms with E-state index in [0.717, 1.165) is 17.5 Å². The number of hydrogen-bond acceptors (Lipinski definition) is 5. The zero-order valence-electron chi connectivity index (χ0n) is 14.9. The van der Waals surface area contributed by atoms with Crippen molar-refractivity contribution in [2.75, 3.05) is 6.61 Å². The minimum atomic E-state index is -0.250. The lowest BCUT2D eigenvalue weighted by Crippen LogP contribution is -2.28. The molecule has 0 radical (unpaired) electrons. The van der Waals surface area contributed by atoms with E-state index < -0.39 is 0 Å². The van der Waals surface area contributed by atoms with Gasteiger partial charge in [0.15, 0.2) is 6.61 Å². The zero-order chi connectivity index (χ0) is 18.4. The average Bonchev–Trinajstić information content (AvgIpc) is 3.14. The molecule has 26 heavy (non-hydrogen) atoms. The Balaban J connectivity index is 1.47. The summed E-state index contributed by atoms with van der Waals surface area (Å²) < 4.78 is 10.6. The largest absolute Gasteiger partial charge is 0.484 e. The van der Waals surface area contributed by atoms with Gasteiger partial charge in [-0.3, -0.25) is 4.79 Å². The molecule has 1 aromatic heterocycles. The van der Waals surface area contributed by atoms with E-state index in [1.165, 1.54) is 5.56 Å². The molecule has 0 saturated carbocycles. The smallest absolute Gasteiger partial charge is 0.258 e. The summed E-state index contributed by atoms with van der Waals surface area (Å²) in [6, 6.07) is 15.5. The van der Waals surface area contributed by atoms with Crippen molar-refractivity contribution >= 4 is 5.91 Å². The van der Waals surface area contributed by atoms with Crippen LogP contribution in [-0.4, -0.2) is 22.7 Å². The molecule has 0 spiro atoms. The van der Waals surface area contributed by atoms with Gasteiger partial charge in [0, 0.05) is 5.56 Å². The minimum absolute atomic E-state index is 0.0651. The number of amides is 1. The molecular formula is C20H21N3O3. The highest BCUT2D eigenvalue weighted by molar-refractivity contribution is 5.77. The number of aromatic nitrogens is 2. The van der Waals surface area contributed by atoms with Gasteiger partial charge in [-0.15, -0.1) is 0 Å². The van der Waals surface area contributed by atoms with Gasteiger partial charge in [-0.2, -0.15) is 4.98 Å². The van der Waals surface area contributed by atoms with E-state index in [1.54, 1.807) is 0 Å². The Hall–Kier alpha value is -3.15. The number of nitrogens with one attached hydrogen (secondary N) is 1. The molecule has 0 atom stereocenters. The molecule has 1 N–H and O–H groups in total. The zero-order valence-corrected chi connectivity index (χ0v) is 14.9. The van der Waals surface area contributed by atoms with Crippen LogP contribution in [0.25, 0.3) is 11.4 Å². The molecule has 0 bridgehead atoms. The number of carbonyl (C=O) groups is 1. The van der Waals surface area contributed by atoms with E-state index >= 15 is 0 Å². The van der Waals surface area contributed by atoms with Gasteiger partial charge in [0.2, 0.25) is 11.7 Å². The molecule has 6 heteroatoms. The Bertz CT molecular complexity index is 855. The third-order valence-electron chi connectivity index (χ3n) is 3.92. The van der Waals surface area contributed by atoms with Crippen molar-refractivity contribution in [1.82, 2.24) is 15.5 Å². The number of benzene rings is 2. The number of nitrogens with zero attached hydrogens (tertiary/aromatic N) is 2. The lowest BCUT2D eigenvalue weighted by atomic mass is 10.1. The molecule has 0 saturated heterocycles. The van der Waals surface area contributed by atoms with Crippen LogP contribution >= 0.6 is 0 Å². The van der Waals surface area contributed by atoms with Gasteiger partial charge < -0.3 is 14.6 Å². The van der Waals surface area contributed by atoms with Gasteiger partial charge in [-0.05, 0) is 31.0 Å². The van der Waals surface area contributed by atoms with E-state index in [-0.39, 0.29) is 19.1 Å². The molecule has 134 valence electrons. The van der Waals surface area contributed by atoms with Crippen LogP contribution in [0.4, 0.5) is 0 Å². The summed E-state index contributed by atoms with van der Waals surface area (Å²) in [4.78, 5) is 16.2. The van der Waals surface area contributed by atoms with E-state index in [0.29, 0.717) is 17.5 Å². The van der Waals surface area contributed by atoms with Crippen molar-refractivity contribution in [3.8, 4) is 17.1 Å². The van der Waals surface area contributed by atoms with Crippen LogP contribution in [0.5, 0.6) is 5.75 Å². The topological polar surface area (TPSA) is 77.2 Å². The van der Waals surface area contributed by atoms with E-state index in [9.17, 15) is 4.79 Å². The fourth-order valence-electron chi connectivity index (χ4n) is 2.34. The Morgan fingerprint density at radius 1 is 1.12 bits per heavy atom. The van der Waals surface area contributed by atoms with Crippen LogP contribution in [0.15, 0.2) is 53.1 Å². The van der Waals surface area contributed by atoms with Gasteiger partial charge in [0.1, 0.15) is 5.75 Å². The first-order valence-corrected chi connectivity index (χ1v) is 8.52. The summed E-state index contributed by atoms with van der Waals surface area (Å²) in [5.74, 6) is 1.26. The number of aryl methyl sites for hydroxylation is 2. The van der Waals surface area contributed by atoms with Crippen molar-refractivity contribution in [2.24, 2.45) is 0 Å².